The number of nitrogens with one attached hydrogen (secondary N) is 1. The van der Waals surface area contributed by atoms with Crippen LogP contribution in [-0.2, 0) is 6.54 Å². The SMILES string of the molecule is O=C(O)c1cnc(NCc2ccoc2)c2ccccc12. The zero-order valence-electron chi connectivity index (χ0n) is 10.5. The topological polar surface area (TPSA) is 75.4 Å². The molecule has 100 valence electrons. The summed E-state index contributed by atoms with van der Waals surface area (Å²) in [6, 6.07) is 9.17. The first-order valence-corrected chi connectivity index (χ1v) is 6.11. The van der Waals surface area contributed by atoms with Gasteiger partial charge in [0.1, 0.15) is 5.82 Å². The van der Waals surface area contributed by atoms with Crippen LogP contribution in [0.1, 0.15) is 15.9 Å². The van der Waals surface area contributed by atoms with E-state index < -0.39 is 5.97 Å². The fourth-order valence-electron chi connectivity index (χ4n) is 2.08. The molecule has 0 aliphatic rings. The first kappa shape index (κ1) is 12.2. The van der Waals surface area contributed by atoms with E-state index in [1.165, 1.54) is 6.20 Å². The largest absolute Gasteiger partial charge is 0.478 e. The van der Waals surface area contributed by atoms with Crippen LogP contribution in [0.25, 0.3) is 10.8 Å². The van der Waals surface area contributed by atoms with Gasteiger partial charge in [-0.1, -0.05) is 24.3 Å². The maximum atomic E-state index is 11.2. The number of aromatic nitrogens is 1. The molecule has 0 aliphatic heterocycles. The summed E-state index contributed by atoms with van der Waals surface area (Å²) in [7, 11) is 0. The number of pyridine rings is 1. The molecule has 2 aromatic heterocycles. The second kappa shape index (κ2) is 5.05. The molecule has 0 saturated carbocycles. The number of anilines is 1. The maximum Gasteiger partial charge on any atom is 0.337 e. The van der Waals surface area contributed by atoms with Crippen molar-refractivity contribution in [3.8, 4) is 0 Å². The van der Waals surface area contributed by atoms with Crippen molar-refractivity contribution >= 4 is 22.6 Å². The number of nitrogens with zero attached hydrogens (tertiary/aromatic N) is 1. The molecule has 2 heterocycles. The maximum absolute atomic E-state index is 11.2. The minimum absolute atomic E-state index is 0.203. The summed E-state index contributed by atoms with van der Waals surface area (Å²) in [5.41, 5.74) is 1.20. The first-order valence-electron chi connectivity index (χ1n) is 6.11. The highest BCUT2D eigenvalue weighted by Gasteiger charge is 2.11. The molecule has 3 aromatic rings. The van der Waals surface area contributed by atoms with Crippen LogP contribution in [0.5, 0.6) is 0 Å². The lowest BCUT2D eigenvalue weighted by Gasteiger charge is -2.09. The number of aromatic carboxylic acids is 1. The summed E-state index contributed by atoms with van der Waals surface area (Å²) in [6.45, 7) is 0.569. The molecule has 0 saturated heterocycles. The van der Waals surface area contributed by atoms with E-state index in [0.29, 0.717) is 17.7 Å². The Morgan fingerprint density at radius 3 is 2.75 bits per heavy atom. The van der Waals surface area contributed by atoms with Crippen molar-refractivity contribution in [1.29, 1.82) is 0 Å². The Morgan fingerprint density at radius 2 is 2.05 bits per heavy atom. The van der Waals surface area contributed by atoms with Gasteiger partial charge in [-0.25, -0.2) is 9.78 Å². The van der Waals surface area contributed by atoms with Gasteiger partial charge in [0.05, 0.1) is 18.1 Å². The van der Waals surface area contributed by atoms with Gasteiger partial charge in [-0.15, -0.1) is 0 Å². The number of fused-ring (bicyclic) bond motifs is 1. The number of carboxylic acids is 1. The van der Waals surface area contributed by atoms with Gasteiger partial charge in [-0.05, 0) is 6.07 Å². The molecule has 0 amide bonds. The van der Waals surface area contributed by atoms with E-state index in [4.69, 9.17) is 4.42 Å². The van der Waals surface area contributed by atoms with Gasteiger partial charge in [0, 0.05) is 29.1 Å². The molecule has 5 heteroatoms. The zero-order valence-corrected chi connectivity index (χ0v) is 10.5. The lowest BCUT2D eigenvalue weighted by atomic mass is 10.1. The number of benzene rings is 1. The number of carbonyl (C=O) groups is 1. The number of hydrogen-bond acceptors (Lipinski definition) is 4. The molecule has 0 bridgehead atoms. The average Bonchev–Trinajstić information content (AvgIpc) is 2.97. The molecule has 2 N–H and O–H groups in total. The Balaban J connectivity index is 1.99. The number of rotatable bonds is 4. The second-order valence-corrected chi connectivity index (χ2v) is 4.36. The van der Waals surface area contributed by atoms with Crippen LogP contribution < -0.4 is 5.32 Å². The molecule has 0 spiro atoms. The van der Waals surface area contributed by atoms with E-state index in [1.54, 1.807) is 18.6 Å². The van der Waals surface area contributed by atoms with Crippen LogP contribution in [0, 0.1) is 0 Å². The van der Waals surface area contributed by atoms with Crippen molar-refractivity contribution in [2.45, 2.75) is 6.54 Å². The standard InChI is InChI=1S/C15H12N2O3/c18-15(19)13-8-17-14(12-4-2-1-3-11(12)13)16-7-10-5-6-20-9-10/h1-6,8-9H,7H2,(H,16,17)(H,18,19). The fraction of sp³-hybridized carbons (Fsp3) is 0.0667. The number of carboxylic acid groups (broad SMARTS) is 1. The monoisotopic (exact) mass is 268 g/mol. The van der Waals surface area contributed by atoms with Gasteiger partial charge in [-0.2, -0.15) is 0 Å². The van der Waals surface area contributed by atoms with Crippen LogP contribution in [0.3, 0.4) is 0 Å². The van der Waals surface area contributed by atoms with Crippen molar-refractivity contribution in [2.75, 3.05) is 5.32 Å². The van der Waals surface area contributed by atoms with Crippen LogP contribution in [0.15, 0.2) is 53.5 Å². The molecule has 5 nitrogen and oxygen atoms in total. The van der Waals surface area contributed by atoms with E-state index in [9.17, 15) is 9.90 Å². The molecule has 0 radical (unpaired) electrons. The molecule has 20 heavy (non-hydrogen) atoms. The first-order chi connectivity index (χ1) is 9.75. The second-order valence-electron chi connectivity index (χ2n) is 4.36. The van der Waals surface area contributed by atoms with Crippen molar-refractivity contribution in [3.63, 3.8) is 0 Å². The Kier molecular flexibility index (Phi) is 3.09. The lowest BCUT2D eigenvalue weighted by Crippen LogP contribution is -2.04. The average molecular weight is 268 g/mol. The van der Waals surface area contributed by atoms with Crippen molar-refractivity contribution in [3.05, 3.63) is 60.2 Å². The van der Waals surface area contributed by atoms with Gasteiger partial charge in [0.2, 0.25) is 0 Å². The number of hydrogen-bond donors (Lipinski definition) is 2. The fourth-order valence-corrected chi connectivity index (χ4v) is 2.08. The summed E-state index contributed by atoms with van der Waals surface area (Å²) >= 11 is 0. The van der Waals surface area contributed by atoms with Crippen LogP contribution in [-0.4, -0.2) is 16.1 Å². The van der Waals surface area contributed by atoms with Gasteiger partial charge in [-0.3, -0.25) is 0 Å². The third-order valence-corrected chi connectivity index (χ3v) is 3.07. The molecule has 0 atom stereocenters. The van der Waals surface area contributed by atoms with E-state index in [1.807, 2.05) is 24.3 Å². The molecule has 0 aliphatic carbocycles. The Labute approximate surface area is 114 Å². The summed E-state index contributed by atoms with van der Waals surface area (Å²) < 4.78 is 5.00. The predicted molar refractivity (Wildman–Crippen MR) is 74.7 cm³/mol. The zero-order chi connectivity index (χ0) is 13.9. The third kappa shape index (κ3) is 2.21. The normalized spacial score (nSPS) is 10.6. The van der Waals surface area contributed by atoms with Crippen LogP contribution in [0.2, 0.25) is 0 Å². The Hall–Kier alpha value is -2.82. The summed E-state index contributed by atoms with van der Waals surface area (Å²) in [5.74, 6) is -0.318. The Morgan fingerprint density at radius 1 is 1.25 bits per heavy atom. The lowest BCUT2D eigenvalue weighted by molar-refractivity contribution is 0.0698. The third-order valence-electron chi connectivity index (χ3n) is 3.07. The van der Waals surface area contributed by atoms with Crippen molar-refractivity contribution < 1.29 is 14.3 Å². The quantitative estimate of drug-likeness (QED) is 0.760. The minimum Gasteiger partial charge on any atom is -0.478 e. The van der Waals surface area contributed by atoms with Crippen molar-refractivity contribution in [2.24, 2.45) is 0 Å². The minimum atomic E-state index is -0.977. The van der Waals surface area contributed by atoms with E-state index in [-0.39, 0.29) is 5.56 Å². The molecule has 0 unspecified atom stereocenters. The highest BCUT2D eigenvalue weighted by atomic mass is 16.4. The van der Waals surface area contributed by atoms with Crippen LogP contribution >= 0.6 is 0 Å². The number of furan rings is 1. The molecule has 3 rings (SSSR count). The van der Waals surface area contributed by atoms with E-state index >= 15 is 0 Å². The van der Waals surface area contributed by atoms with Gasteiger partial charge in [0.15, 0.2) is 0 Å². The molecular formula is C15H12N2O3. The van der Waals surface area contributed by atoms with Gasteiger partial charge >= 0.3 is 5.97 Å². The highest BCUT2D eigenvalue weighted by Crippen LogP contribution is 2.24. The summed E-state index contributed by atoms with van der Waals surface area (Å²) in [6.07, 6.45) is 4.64. The highest BCUT2D eigenvalue weighted by molar-refractivity contribution is 6.06. The molecule has 0 fully saturated rings. The molecular weight excluding hydrogens is 256 g/mol. The van der Waals surface area contributed by atoms with E-state index in [0.717, 1.165) is 10.9 Å². The Bertz CT molecular complexity index is 751. The van der Waals surface area contributed by atoms with Crippen LogP contribution in [0.4, 0.5) is 5.82 Å². The van der Waals surface area contributed by atoms with Crippen molar-refractivity contribution in [1.82, 2.24) is 4.98 Å². The summed E-state index contributed by atoms with van der Waals surface area (Å²) in [5, 5.41) is 13.8. The van der Waals surface area contributed by atoms with Gasteiger partial charge in [0.25, 0.3) is 0 Å². The van der Waals surface area contributed by atoms with Gasteiger partial charge < -0.3 is 14.8 Å². The predicted octanol–water partition coefficient (Wildman–Crippen LogP) is 3.14. The summed E-state index contributed by atoms with van der Waals surface area (Å²) in [4.78, 5) is 15.4. The smallest absolute Gasteiger partial charge is 0.337 e. The molecule has 1 aromatic carbocycles. The van der Waals surface area contributed by atoms with E-state index in [2.05, 4.69) is 10.3 Å².